The van der Waals surface area contributed by atoms with E-state index in [1.54, 1.807) is 59.9 Å². The van der Waals surface area contributed by atoms with Gasteiger partial charge in [-0.15, -0.1) is 22.7 Å². The molecule has 0 atom stereocenters. The summed E-state index contributed by atoms with van der Waals surface area (Å²) >= 11 is 3.23. The monoisotopic (exact) mass is 568 g/mol. The number of hydrogen-bond acceptors (Lipinski definition) is 8. The quantitative estimate of drug-likeness (QED) is 0.193. The summed E-state index contributed by atoms with van der Waals surface area (Å²) in [7, 11) is 0. The third-order valence-corrected chi connectivity index (χ3v) is 6.67. The highest BCUT2D eigenvalue weighted by molar-refractivity contribution is 7.19. The first-order valence-electron chi connectivity index (χ1n) is 11.1. The maximum Gasteiger partial charge on any atom is 0.152 e. The molecule has 0 bridgehead atoms. The van der Waals surface area contributed by atoms with E-state index in [9.17, 15) is 0 Å². The van der Waals surface area contributed by atoms with Gasteiger partial charge in [-0.05, 0) is 36.4 Å². The molecule has 0 aliphatic heterocycles. The van der Waals surface area contributed by atoms with Gasteiger partial charge >= 0.3 is 0 Å². The predicted molar refractivity (Wildman–Crippen MR) is 175 cm³/mol. The lowest BCUT2D eigenvalue weighted by Gasteiger charge is -2.00. The Bertz CT molecular complexity index is 1500. The van der Waals surface area contributed by atoms with Crippen LogP contribution in [0.1, 0.15) is 29.7 Å². The molecule has 7 aromatic rings. The molecule has 40 heavy (non-hydrogen) atoms. The van der Waals surface area contributed by atoms with E-state index in [4.69, 9.17) is 0 Å². The first-order valence-corrected chi connectivity index (χ1v) is 12.8. The highest BCUT2D eigenvalue weighted by Gasteiger charge is 2.01. The molecule has 206 valence electrons. The molecule has 7 rings (SSSR count). The van der Waals surface area contributed by atoms with Crippen molar-refractivity contribution in [3.05, 3.63) is 121 Å². The molecule has 0 aliphatic rings. The molecule has 6 aromatic heterocycles. The highest BCUT2D eigenvalue weighted by atomic mass is 32.1. The van der Waals surface area contributed by atoms with Crippen molar-refractivity contribution < 1.29 is 0 Å². The standard InChI is InChI=1S/C12H8N2.C10H8N2.C6H4N2S2.4CH4/c1-3-9-5-6-10-4-2-8-14-12(10)11(9)13-7-1;1-3-7-11-9(5-1)10-6-2-4-8-12-10;1-3-9-5(7-1)6-8-2-4-10-6;;;;/h1-8H;1-8H;1-4H;4*1H4. The van der Waals surface area contributed by atoms with Crippen LogP contribution in [0.2, 0.25) is 0 Å². The van der Waals surface area contributed by atoms with E-state index in [0.29, 0.717) is 0 Å². The summed E-state index contributed by atoms with van der Waals surface area (Å²) in [5, 5.41) is 8.20. The Labute approximate surface area is 245 Å². The number of hydrogen-bond donors (Lipinski definition) is 0. The minimum absolute atomic E-state index is 0. The molecule has 0 saturated carbocycles. The van der Waals surface area contributed by atoms with Crippen LogP contribution < -0.4 is 0 Å². The Morgan fingerprint density at radius 2 is 0.800 bits per heavy atom. The number of rotatable bonds is 2. The fraction of sp³-hybridized carbons (Fsp3) is 0.125. The van der Waals surface area contributed by atoms with Crippen LogP contribution >= 0.6 is 22.7 Å². The van der Waals surface area contributed by atoms with Gasteiger partial charge in [-0.2, -0.15) is 0 Å². The highest BCUT2D eigenvalue weighted by Crippen LogP contribution is 2.23. The van der Waals surface area contributed by atoms with E-state index >= 15 is 0 Å². The van der Waals surface area contributed by atoms with Crippen LogP contribution in [0.15, 0.2) is 121 Å². The van der Waals surface area contributed by atoms with Crippen molar-refractivity contribution in [2.75, 3.05) is 0 Å². The predicted octanol–water partition coefficient (Wildman–Crippen LogP) is 9.74. The number of fused-ring (bicyclic) bond motifs is 3. The van der Waals surface area contributed by atoms with E-state index in [1.165, 1.54) is 0 Å². The minimum atomic E-state index is 0. The Hall–Kier alpha value is -4.40. The lowest BCUT2D eigenvalue weighted by Crippen LogP contribution is -1.83. The van der Waals surface area contributed by atoms with E-state index in [-0.39, 0.29) is 29.7 Å². The average Bonchev–Trinajstić information content (AvgIpc) is 3.70. The van der Waals surface area contributed by atoms with Crippen molar-refractivity contribution in [2.24, 2.45) is 0 Å². The molecule has 0 N–H and O–H groups in total. The molecule has 6 nitrogen and oxygen atoms in total. The van der Waals surface area contributed by atoms with Gasteiger partial charge in [-0.3, -0.25) is 19.9 Å². The fourth-order valence-electron chi connectivity index (χ4n) is 3.37. The van der Waals surface area contributed by atoms with Gasteiger partial charge in [0, 0.05) is 58.7 Å². The van der Waals surface area contributed by atoms with E-state index in [2.05, 4.69) is 54.2 Å². The zero-order valence-electron chi connectivity index (χ0n) is 19.0. The van der Waals surface area contributed by atoms with Crippen molar-refractivity contribution in [1.29, 1.82) is 0 Å². The first kappa shape index (κ1) is 33.6. The van der Waals surface area contributed by atoms with E-state index < -0.39 is 0 Å². The van der Waals surface area contributed by atoms with Gasteiger partial charge in [0.1, 0.15) is 0 Å². The molecule has 0 aliphatic carbocycles. The Morgan fingerprint density at radius 1 is 0.375 bits per heavy atom. The summed E-state index contributed by atoms with van der Waals surface area (Å²) in [6.45, 7) is 0. The Balaban J connectivity index is 0.000000289. The molecular weight excluding hydrogens is 533 g/mol. The third kappa shape index (κ3) is 8.56. The van der Waals surface area contributed by atoms with Gasteiger partial charge in [-0.1, -0.05) is 66.1 Å². The number of nitrogens with zero attached hydrogens (tertiary/aromatic N) is 6. The van der Waals surface area contributed by atoms with Gasteiger partial charge < -0.3 is 0 Å². The Kier molecular flexibility index (Phi) is 14.5. The molecule has 0 fully saturated rings. The van der Waals surface area contributed by atoms with Gasteiger partial charge in [-0.25, -0.2) is 9.97 Å². The van der Waals surface area contributed by atoms with Crippen molar-refractivity contribution in [1.82, 2.24) is 29.9 Å². The van der Waals surface area contributed by atoms with Crippen molar-refractivity contribution in [3.63, 3.8) is 0 Å². The normalized spacial score (nSPS) is 9.20. The smallest absolute Gasteiger partial charge is 0.152 e. The van der Waals surface area contributed by atoms with Crippen molar-refractivity contribution >= 4 is 44.5 Å². The maximum atomic E-state index is 4.35. The van der Waals surface area contributed by atoms with Crippen LogP contribution in [0.4, 0.5) is 0 Å². The summed E-state index contributed by atoms with van der Waals surface area (Å²) in [5.41, 5.74) is 3.78. The molecule has 0 saturated heterocycles. The zero-order valence-corrected chi connectivity index (χ0v) is 20.7. The second-order valence-electron chi connectivity index (χ2n) is 7.32. The summed E-state index contributed by atoms with van der Waals surface area (Å²) in [6, 6.07) is 23.7. The number of pyridine rings is 4. The lowest BCUT2D eigenvalue weighted by molar-refractivity contribution is 1.25. The second kappa shape index (κ2) is 17.2. The summed E-state index contributed by atoms with van der Waals surface area (Å²) in [4.78, 5) is 25.3. The van der Waals surface area contributed by atoms with Crippen LogP contribution in [-0.2, 0) is 0 Å². The molecule has 6 heterocycles. The minimum Gasteiger partial charge on any atom is -0.255 e. The molecule has 0 amide bonds. The molecule has 8 heteroatoms. The number of thiazole rings is 2. The molecule has 1 aromatic carbocycles. The van der Waals surface area contributed by atoms with E-state index in [0.717, 1.165) is 43.2 Å². The maximum absolute atomic E-state index is 4.35. The topological polar surface area (TPSA) is 77.3 Å². The summed E-state index contributed by atoms with van der Waals surface area (Å²) in [5.74, 6) is 0. The van der Waals surface area contributed by atoms with Crippen LogP contribution in [0.3, 0.4) is 0 Å². The molecule has 0 spiro atoms. The summed E-state index contributed by atoms with van der Waals surface area (Å²) < 4.78 is 0. The SMILES string of the molecule is C.C.C.C.c1ccc(-c2ccccn2)nc1.c1cnc2c(c1)ccc1cccnc12.c1csc(-c2nccs2)n1. The van der Waals surface area contributed by atoms with Gasteiger partial charge in [0.05, 0.1) is 22.4 Å². The first-order chi connectivity index (χ1) is 17.9. The zero-order chi connectivity index (χ0) is 24.4. The van der Waals surface area contributed by atoms with Crippen LogP contribution in [-0.4, -0.2) is 29.9 Å². The lowest BCUT2D eigenvalue weighted by atomic mass is 10.1. The van der Waals surface area contributed by atoms with Crippen molar-refractivity contribution in [2.45, 2.75) is 29.7 Å². The van der Waals surface area contributed by atoms with Crippen molar-refractivity contribution in [3.8, 4) is 21.4 Å². The van der Waals surface area contributed by atoms with Gasteiger partial charge in [0.25, 0.3) is 0 Å². The van der Waals surface area contributed by atoms with Gasteiger partial charge in [0.15, 0.2) is 10.0 Å². The molecule has 0 radical (unpaired) electrons. The van der Waals surface area contributed by atoms with E-state index in [1.807, 2.05) is 59.3 Å². The average molecular weight is 569 g/mol. The molecule has 0 unspecified atom stereocenters. The van der Waals surface area contributed by atoms with Gasteiger partial charge in [0.2, 0.25) is 0 Å². The number of aromatic nitrogens is 6. The van der Waals surface area contributed by atoms with Crippen LogP contribution in [0, 0.1) is 0 Å². The largest absolute Gasteiger partial charge is 0.255 e. The van der Waals surface area contributed by atoms with Crippen LogP contribution in [0.25, 0.3) is 43.2 Å². The third-order valence-electron chi connectivity index (χ3n) is 4.98. The fourth-order valence-corrected chi connectivity index (χ4v) is 4.71. The summed E-state index contributed by atoms with van der Waals surface area (Å²) in [6.07, 6.45) is 10.7. The second-order valence-corrected chi connectivity index (χ2v) is 9.11. The molecular formula is C32H36N6S2. The number of benzene rings is 1. The van der Waals surface area contributed by atoms with Crippen LogP contribution in [0.5, 0.6) is 0 Å². The Morgan fingerprint density at radius 3 is 1.15 bits per heavy atom.